The Morgan fingerprint density at radius 1 is 0.947 bits per heavy atom. The van der Waals surface area contributed by atoms with Crippen LogP contribution in [0.25, 0.3) is 33.1 Å². The number of nitrogens with one attached hydrogen (secondary N) is 2. The Bertz CT molecular complexity index is 885. The number of benzene rings is 2. The first kappa shape index (κ1) is 10.2. The molecule has 4 aromatic rings. The molecule has 0 amide bonds. The molecule has 0 radical (unpaired) electrons. The van der Waals surface area contributed by atoms with Gasteiger partial charge in [-0.05, 0) is 24.3 Å². The van der Waals surface area contributed by atoms with Gasteiger partial charge < -0.3 is 10.7 Å². The number of nitrogen functional groups attached to an aromatic ring is 1. The molecule has 4 N–H and O–H groups in total. The Morgan fingerprint density at radius 2 is 1.84 bits per heavy atom. The smallest absolute Gasteiger partial charge is 0.102 e. The maximum absolute atomic E-state index is 5.79. The molecule has 0 aliphatic carbocycles. The second-order valence-corrected chi connectivity index (χ2v) is 4.63. The molecule has 0 fully saturated rings. The Labute approximate surface area is 109 Å². The summed E-state index contributed by atoms with van der Waals surface area (Å²) in [6.07, 6.45) is 2.00. The van der Waals surface area contributed by atoms with Gasteiger partial charge in [0.25, 0.3) is 0 Å². The Kier molecular flexibility index (Phi) is 1.94. The van der Waals surface area contributed by atoms with Crippen molar-refractivity contribution >= 4 is 27.5 Å². The van der Waals surface area contributed by atoms with Crippen LogP contribution in [0.1, 0.15) is 0 Å². The highest BCUT2D eigenvalue weighted by atomic mass is 15.1. The van der Waals surface area contributed by atoms with E-state index in [2.05, 4.69) is 27.3 Å². The highest BCUT2D eigenvalue weighted by Gasteiger charge is 2.12. The SMILES string of the molecule is Nc1ccc2c(-c3c[nH]c4ccccc34)n[nH]c2c1. The molecule has 2 heterocycles. The van der Waals surface area contributed by atoms with Gasteiger partial charge in [-0.2, -0.15) is 5.10 Å². The van der Waals surface area contributed by atoms with Crippen LogP contribution in [0.15, 0.2) is 48.7 Å². The van der Waals surface area contributed by atoms with Crippen LogP contribution in [0.4, 0.5) is 5.69 Å². The third-order valence-corrected chi connectivity index (χ3v) is 3.43. The summed E-state index contributed by atoms with van der Waals surface area (Å²) in [6, 6.07) is 14.0. The number of anilines is 1. The number of fused-ring (bicyclic) bond motifs is 2. The van der Waals surface area contributed by atoms with Crippen LogP contribution < -0.4 is 5.73 Å². The summed E-state index contributed by atoms with van der Waals surface area (Å²) in [5, 5.41) is 9.72. The van der Waals surface area contributed by atoms with Crippen LogP contribution in [0.3, 0.4) is 0 Å². The van der Waals surface area contributed by atoms with Gasteiger partial charge in [0.05, 0.1) is 5.52 Å². The van der Waals surface area contributed by atoms with Crippen molar-refractivity contribution in [1.29, 1.82) is 0 Å². The van der Waals surface area contributed by atoms with Crippen molar-refractivity contribution in [2.24, 2.45) is 0 Å². The summed E-state index contributed by atoms with van der Waals surface area (Å²) in [5.74, 6) is 0. The number of nitrogens with zero attached hydrogens (tertiary/aromatic N) is 1. The monoisotopic (exact) mass is 248 g/mol. The minimum absolute atomic E-state index is 0.738. The van der Waals surface area contributed by atoms with E-state index < -0.39 is 0 Å². The fourth-order valence-electron chi connectivity index (χ4n) is 2.51. The second kappa shape index (κ2) is 3.62. The lowest BCUT2D eigenvalue weighted by Gasteiger charge is -1.96. The van der Waals surface area contributed by atoms with Crippen LogP contribution in [0, 0.1) is 0 Å². The summed E-state index contributed by atoms with van der Waals surface area (Å²) in [6.45, 7) is 0. The van der Waals surface area contributed by atoms with E-state index in [0.717, 1.165) is 33.4 Å². The van der Waals surface area contributed by atoms with Crippen LogP contribution in [-0.2, 0) is 0 Å². The fraction of sp³-hybridized carbons (Fsp3) is 0. The molecule has 0 bridgehead atoms. The van der Waals surface area contributed by atoms with Crippen molar-refractivity contribution in [3.05, 3.63) is 48.7 Å². The van der Waals surface area contributed by atoms with Crippen LogP contribution in [0.2, 0.25) is 0 Å². The summed E-state index contributed by atoms with van der Waals surface area (Å²) >= 11 is 0. The maximum Gasteiger partial charge on any atom is 0.102 e. The number of aromatic amines is 2. The molecule has 0 unspecified atom stereocenters. The van der Waals surface area contributed by atoms with Crippen molar-refractivity contribution in [3.63, 3.8) is 0 Å². The van der Waals surface area contributed by atoms with Crippen molar-refractivity contribution < 1.29 is 0 Å². The summed E-state index contributed by atoms with van der Waals surface area (Å²) in [4.78, 5) is 3.27. The van der Waals surface area contributed by atoms with Crippen LogP contribution in [-0.4, -0.2) is 15.2 Å². The number of aromatic nitrogens is 3. The molecule has 4 nitrogen and oxygen atoms in total. The van der Waals surface area contributed by atoms with Crippen molar-refractivity contribution in [2.45, 2.75) is 0 Å². The Balaban J connectivity index is 2.04. The largest absolute Gasteiger partial charge is 0.399 e. The van der Waals surface area contributed by atoms with E-state index in [1.807, 2.05) is 36.5 Å². The molecule has 2 aromatic heterocycles. The molecule has 92 valence electrons. The molecule has 0 saturated heterocycles. The highest BCUT2D eigenvalue weighted by molar-refractivity contribution is 6.03. The van der Waals surface area contributed by atoms with E-state index in [1.54, 1.807) is 0 Å². The van der Waals surface area contributed by atoms with Crippen molar-refractivity contribution in [2.75, 3.05) is 5.73 Å². The third kappa shape index (κ3) is 1.43. The molecule has 4 heteroatoms. The number of para-hydroxylation sites is 1. The topological polar surface area (TPSA) is 70.5 Å². The molecule has 0 spiro atoms. The van der Waals surface area contributed by atoms with Gasteiger partial charge in [-0.25, -0.2) is 0 Å². The van der Waals surface area contributed by atoms with Gasteiger partial charge in [-0.15, -0.1) is 0 Å². The normalized spacial score (nSPS) is 11.4. The Morgan fingerprint density at radius 3 is 2.79 bits per heavy atom. The third-order valence-electron chi connectivity index (χ3n) is 3.43. The van der Waals surface area contributed by atoms with Crippen LogP contribution >= 0.6 is 0 Å². The van der Waals surface area contributed by atoms with Gasteiger partial charge >= 0.3 is 0 Å². The number of hydrogen-bond donors (Lipinski definition) is 3. The number of hydrogen-bond acceptors (Lipinski definition) is 2. The van der Waals surface area contributed by atoms with E-state index in [0.29, 0.717) is 0 Å². The van der Waals surface area contributed by atoms with Crippen molar-refractivity contribution in [3.8, 4) is 11.3 Å². The zero-order valence-electron chi connectivity index (χ0n) is 10.1. The lowest BCUT2D eigenvalue weighted by atomic mass is 10.1. The van der Waals surface area contributed by atoms with E-state index in [4.69, 9.17) is 5.73 Å². The zero-order chi connectivity index (χ0) is 12.8. The first-order valence-electron chi connectivity index (χ1n) is 6.13. The van der Waals surface area contributed by atoms with Crippen molar-refractivity contribution in [1.82, 2.24) is 15.2 Å². The predicted molar refractivity (Wildman–Crippen MR) is 77.8 cm³/mol. The number of rotatable bonds is 1. The minimum atomic E-state index is 0.738. The maximum atomic E-state index is 5.79. The number of nitrogens with two attached hydrogens (primary N) is 1. The minimum Gasteiger partial charge on any atom is -0.399 e. The first-order chi connectivity index (χ1) is 9.33. The molecule has 0 aliphatic heterocycles. The van der Waals surface area contributed by atoms with E-state index >= 15 is 0 Å². The Hall–Kier alpha value is -2.75. The summed E-state index contributed by atoms with van der Waals surface area (Å²) in [7, 11) is 0. The predicted octanol–water partition coefficient (Wildman–Crippen LogP) is 3.29. The first-order valence-corrected chi connectivity index (χ1v) is 6.13. The molecule has 0 atom stereocenters. The zero-order valence-corrected chi connectivity index (χ0v) is 10.1. The second-order valence-electron chi connectivity index (χ2n) is 4.63. The molecule has 0 aliphatic rings. The van der Waals surface area contributed by atoms with Gasteiger partial charge in [0, 0.05) is 33.7 Å². The van der Waals surface area contributed by atoms with Gasteiger partial charge in [-0.3, -0.25) is 5.10 Å². The lowest BCUT2D eigenvalue weighted by molar-refractivity contribution is 1.12. The van der Waals surface area contributed by atoms with E-state index in [-0.39, 0.29) is 0 Å². The molecule has 2 aromatic carbocycles. The van der Waals surface area contributed by atoms with E-state index in [1.165, 1.54) is 5.39 Å². The average Bonchev–Trinajstić information content (AvgIpc) is 3.01. The van der Waals surface area contributed by atoms with Gasteiger partial charge in [0.15, 0.2) is 0 Å². The molecule has 0 saturated carbocycles. The fourth-order valence-corrected chi connectivity index (χ4v) is 2.51. The molecule has 19 heavy (non-hydrogen) atoms. The number of H-pyrrole nitrogens is 2. The molecule has 4 rings (SSSR count). The van der Waals surface area contributed by atoms with Gasteiger partial charge in [0.1, 0.15) is 5.69 Å². The quantitative estimate of drug-likeness (QED) is 0.452. The standard InChI is InChI=1S/C15H12N4/c16-9-5-6-11-14(7-9)18-19-15(11)12-8-17-13-4-2-1-3-10(12)13/h1-8,17H,16H2,(H,18,19). The highest BCUT2D eigenvalue weighted by Crippen LogP contribution is 2.32. The van der Waals surface area contributed by atoms with Gasteiger partial charge in [0.2, 0.25) is 0 Å². The molecular formula is C15H12N4. The molecular weight excluding hydrogens is 236 g/mol. The van der Waals surface area contributed by atoms with Crippen LogP contribution in [0.5, 0.6) is 0 Å². The van der Waals surface area contributed by atoms with Gasteiger partial charge in [-0.1, -0.05) is 18.2 Å². The lowest BCUT2D eigenvalue weighted by Crippen LogP contribution is -1.82. The summed E-state index contributed by atoms with van der Waals surface area (Å²) < 4.78 is 0. The average molecular weight is 248 g/mol. The van der Waals surface area contributed by atoms with E-state index in [9.17, 15) is 0 Å². The summed E-state index contributed by atoms with van der Waals surface area (Å²) in [5.41, 5.74) is 10.7.